The lowest BCUT2D eigenvalue weighted by Crippen LogP contribution is -2.34. The third-order valence-electron chi connectivity index (χ3n) is 3.94. The Balaban J connectivity index is 1.58. The van der Waals surface area contributed by atoms with Gasteiger partial charge in [0.2, 0.25) is 0 Å². The summed E-state index contributed by atoms with van der Waals surface area (Å²) in [5.74, 6) is -0.327. The van der Waals surface area contributed by atoms with Gasteiger partial charge in [-0.05, 0) is 61.5 Å². The van der Waals surface area contributed by atoms with E-state index in [9.17, 15) is 4.79 Å². The maximum absolute atomic E-state index is 12.2. The van der Waals surface area contributed by atoms with E-state index in [1.807, 2.05) is 12.1 Å². The third-order valence-corrected chi connectivity index (χ3v) is 4.48. The van der Waals surface area contributed by atoms with Gasteiger partial charge < -0.3 is 10.2 Å². The normalized spacial score (nSPS) is 13.6. The van der Waals surface area contributed by atoms with Crippen molar-refractivity contribution in [1.29, 1.82) is 0 Å². The number of nitrogens with zero attached hydrogens (tertiary/aromatic N) is 1. The van der Waals surface area contributed by atoms with Crippen molar-refractivity contribution in [3.63, 3.8) is 0 Å². The van der Waals surface area contributed by atoms with Crippen molar-refractivity contribution in [3.05, 3.63) is 59.1 Å². The van der Waals surface area contributed by atoms with E-state index in [2.05, 4.69) is 27.7 Å². The van der Waals surface area contributed by atoms with Gasteiger partial charge in [-0.3, -0.25) is 10.1 Å². The highest BCUT2D eigenvalue weighted by Gasteiger charge is 2.13. The highest BCUT2D eigenvalue weighted by Crippen LogP contribution is 2.22. The average molecular weight is 360 g/mol. The van der Waals surface area contributed by atoms with Gasteiger partial charge in [-0.15, -0.1) is 0 Å². The highest BCUT2D eigenvalue weighted by atomic mass is 35.5. The monoisotopic (exact) mass is 359 g/mol. The summed E-state index contributed by atoms with van der Waals surface area (Å²) >= 11 is 11.2. The molecule has 1 amide bonds. The zero-order chi connectivity index (χ0) is 16.9. The Hall–Kier alpha value is -2.11. The largest absolute Gasteiger partial charge is 0.372 e. The first-order valence-electron chi connectivity index (χ1n) is 7.85. The van der Waals surface area contributed by atoms with Crippen molar-refractivity contribution in [3.8, 4) is 0 Å². The minimum Gasteiger partial charge on any atom is -0.372 e. The Kier molecular flexibility index (Phi) is 5.33. The van der Waals surface area contributed by atoms with Gasteiger partial charge in [0.15, 0.2) is 5.11 Å². The number of anilines is 2. The molecule has 6 heteroatoms. The van der Waals surface area contributed by atoms with Crippen LogP contribution in [0.3, 0.4) is 0 Å². The first-order chi connectivity index (χ1) is 11.6. The van der Waals surface area contributed by atoms with Gasteiger partial charge >= 0.3 is 0 Å². The van der Waals surface area contributed by atoms with Crippen molar-refractivity contribution < 1.29 is 4.79 Å². The molecule has 2 N–H and O–H groups in total. The van der Waals surface area contributed by atoms with Crippen molar-refractivity contribution >= 4 is 46.2 Å². The number of hydrogen-bond donors (Lipinski definition) is 2. The number of amides is 1. The van der Waals surface area contributed by atoms with E-state index < -0.39 is 0 Å². The van der Waals surface area contributed by atoms with Crippen LogP contribution < -0.4 is 15.5 Å². The average Bonchev–Trinajstić information content (AvgIpc) is 3.10. The number of carbonyl (C=O) groups is 1. The van der Waals surface area contributed by atoms with E-state index in [4.69, 9.17) is 23.8 Å². The quantitative estimate of drug-likeness (QED) is 0.811. The smallest absolute Gasteiger partial charge is 0.258 e. The lowest BCUT2D eigenvalue weighted by atomic mass is 10.2. The zero-order valence-electron chi connectivity index (χ0n) is 13.1. The molecular weight excluding hydrogens is 342 g/mol. The number of halogens is 1. The number of carbonyl (C=O) groups excluding carboxylic acids is 1. The number of benzene rings is 2. The first-order valence-corrected chi connectivity index (χ1v) is 8.64. The molecular formula is C18H18ClN3OS. The predicted molar refractivity (Wildman–Crippen MR) is 103 cm³/mol. The van der Waals surface area contributed by atoms with Crippen LogP contribution in [-0.4, -0.2) is 24.1 Å². The lowest BCUT2D eigenvalue weighted by Gasteiger charge is -2.18. The van der Waals surface area contributed by atoms with E-state index >= 15 is 0 Å². The first kappa shape index (κ1) is 16.7. The molecule has 0 saturated carbocycles. The van der Waals surface area contributed by atoms with Gasteiger partial charge in [-0.25, -0.2) is 0 Å². The summed E-state index contributed by atoms with van der Waals surface area (Å²) in [5.41, 5.74) is 2.44. The van der Waals surface area contributed by atoms with Crippen LogP contribution in [0.2, 0.25) is 5.02 Å². The van der Waals surface area contributed by atoms with Gasteiger partial charge in [-0.2, -0.15) is 0 Å². The number of hydrogen-bond acceptors (Lipinski definition) is 3. The zero-order valence-corrected chi connectivity index (χ0v) is 14.7. The number of nitrogens with one attached hydrogen (secondary N) is 2. The summed E-state index contributed by atoms with van der Waals surface area (Å²) in [6.45, 7) is 2.22. The minimum atomic E-state index is -0.327. The second-order valence-corrected chi connectivity index (χ2v) is 6.44. The molecule has 0 aliphatic carbocycles. The fourth-order valence-electron chi connectivity index (χ4n) is 2.71. The predicted octanol–water partition coefficient (Wildman–Crippen LogP) is 4.07. The summed E-state index contributed by atoms with van der Waals surface area (Å²) in [6.07, 6.45) is 2.50. The molecule has 0 spiro atoms. The highest BCUT2D eigenvalue weighted by molar-refractivity contribution is 7.80. The Morgan fingerprint density at radius 3 is 2.38 bits per heavy atom. The fraction of sp³-hybridized carbons (Fsp3) is 0.222. The molecule has 1 heterocycles. The van der Waals surface area contributed by atoms with Gasteiger partial charge in [0.25, 0.3) is 5.91 Å². The third kappa shape index (κ3) is 4.04. The summed E-state index contributed by atoms with van der Waals surface area (Å²) in [7, 11) is 0. The van der Waals surface area contributed by atoms with Crippen LogP contribution in [0.5, 0.6) is 0 Å². The van der Waals surface area contributed by atoms with Gasteiger partial charge in [-0.1, -0.05) is 23.7 Å². The molecule has 0 atom stereocenters. The molecule has 1 aliphatic heterocycles. The van der Waals surface area contributed by atoms with Crippen molar-refractivity contribution in [2.24, 2.45) is 0 Å². The van der Waals surface area contributed by atoms with Gasteiger partial charge in [0.1, 0.15) is 0 Å². The van der Waals surface area contributed by atoms with E-state index in [0.717, 1.165) is 18.8 Å². The molecule has 2 aromatic rings. The second-order valence-electron chi connectivity index (χ2n) is 5.63. The van der Waals surface area contributed by atoms with E-state index in [0.29, 0.717) is 10.6 Å². The Labute approximate surface area is 151 Å². The van der Waals surface area contributed by atoms with Crippen LogP contribution >= 0.6 is 23.8 Å². The molecule has 0 unspecified atom stereocenters. The molecule has 3 rings (SSSR count). The van der Waals surface area contributed by atoms with Crippen LogP contribution in [0.15, 0.2) is 48.5 Å². The van der Waals surface area contributed by atoms with Crippen molar-refractivity contribution in [2.75, 3.05) is 23.3 Å². The lowest BCUT2D eigenvalue weighted by molar-refractivity contribution is 0.0978. The Morgan fingerprint density at radius 1 is 1.04 bits per heavy atom. The van der Waals surface area contributed by atoms with E-state index in [1.54, 1.807) is 24.3 Å². The van der Waals surface area contributed by atoms with Gasteiger partial charge in [0.05, 0.1) is 10.6 Å². The molecule has 0 bridgehead atoms. The van der Waals surface area contributed by atoms with Crippen molar-refractivity contribution in [2.45, 2.75) is 12.8 Å². The van der Waals surface area contributed by atoms with Crippen LogP contribution in [-0.2, 0) is 0 Å². The van der Waals surface area contributed by atoms with Crippen LogP contribution in [0.25, 0.3) is 0 Å². The maximum atomic E-state index is 12.2. The molecule has 24 heavy (non-hydrogen) atoms. The van der Waals surface area contributed by atoms with Crippen LogP contribution in [0, 0.1) is 0 Å². The SMILES string of the molecule is O=C(NC(=S)Nc1ccc(N2CCCC2)cc1)c1ccccc1Cl. The van der Waals surface area contributed by atoms with Crippen LogP contribution in [0.4, 0.5) is 11.4 Å². The fourth-order valence-corrected chi connectivity index (χ4v) is 3.14. The summed E-state index contributed by atoms with van der Waals surface area (Å²) in [6, 6.07) is 14.9. The van der Waals surface area contributed by atoms with Crippen molar-refractivity contribution in [1.82, 2.24) is 5.32 Å². The maximum Gasteiger partial charge on any atom is 0.258 e. The summed E-state index contributed by atoms with van der Waals surface area (Å²) in [4.78, 5) is 14.5. The number of thiocarbonyl (C=S) groups is 1. The summed E-state index contributed by atoms with van der Waals surface area (Å²) < 4.78 is 0. The second kappa shape index (κ2) is 7.64. The Morgan fingerprint density at radius 2 is 1.71 bits per heavy atom. The van der Waals surface area contributed by atoms with E-state index in [-0.39, 0.29) is 11.0 Å². The van der Waals surface area contributed by atoms with Gasteiger partial charge in [0, 0.05) is 24.5 Å². The Bertz CT molecular complexity index is 742. The van der Waals surface area contributed by atoms with E-state index in [1.165, 1.54) is 18.5 Å². The molecule has 1 aliphatic rings. The molecule has 4 nitrogen and oxygen atoms in total. The molecule has 1 saturated heterocycles. The summed E-state index contributed by atoms with van der Waals surface area (Å²) in [5, 5.41) is 6.30. The molecule has 0 aromatic heterocycles. The van der Waals surface area contributed by atoms with Crippen LogP contribution in [0.1, 0.15) is 23.2 Å². The molecule has 124 valence electrons. The molecule has 2 aromatic carbocycles. The number of rotatable bonds is 3. The topological polar surface area (TPSA) is 44.4 Å². The standard InChI is InChI=1S/C18H18ClN3OS/c19-16-6-2-1-5-15(16)17(23)21-18(24)20-13-7-9-14(10-8-13)22-11-3-4-12-22/h1-2,5-10H,3-4,11-12H2,(H2,20,21,23,24). The molecule has 0 radical (unpaired) electrons. The minimum absolute atomic E-state index is 0.244. The molecule has 1 fully saturated rings.